The number of sulfone groups is 1. The highest BCUT2D eigenvalue weighted by molar-refractivity contribution is 7.90. The molecule has 1 aromatic carbocycles. The van der Waals surface area contributed by atoms with Gasteiger partial charge in [0.2, 0.25) is 0 Å². The molecular formula is C9H12ClFN2O2S. The number of nitrogens with one attached hydrogen (secondary N) is 1. The minimum Gasteiger partial charge on any atom is -0.397 e. The van der Waals surface area contributed by atoms with Gasteiger partial charge in [-0.15, -0.1) is 0 Å². The van der Waals surface area contributed by atoms with Gasteiger partial charge in [0.05, 0.1) is 22.2 Å². The normalized spacial score (nSPS) is 11.4. The quantitative estimate of drug-likeness (QED) is 0.811. The van der Waals surface area contributed by atoms with Crippen molar-refractivity contribution < 1.29 is 12.8 Å². The summed E-state index contributed by atoms with van der Waals surface area (Å²) in [5.41, 5.74) is 6.15. The number of rotatable bonds is 4. The Morgan fingerprint density at radius 1 is 1.50 bits per heavy atom. The Kier molecular flexibility index (Phi) is 3.98. The van der Waals surface area contributed by atoms with Gasteiger partial charge in [-0.3, -0.25) is 0 Å². The fraction of sp³-hybridized carbons (Fsp3) is 0.333. The SMILES string of the molecule is CS(=O)(=O)CCNc1cc(Cl)c(F)cc1N. The van der Waals surface area contributed by atoms with Crippen LogP contribution in [0.25, 0.3) is 0 Å². The summed E-state index contributed by atoms with van der Waals surface area (Å²) >= 11 is 5.57. The second-order valence-corrected chi connectivity index (χ2v) is 6.08. The van der Waals surface area contributed by atoms with Crippen molar-refractivity contribution in [2.24, 2.45) is 0 Å². The van der Waals surface area contributed by atoms with Crippen LogP contribution in [-0.2, 0) is 9.84 Å². The van der Waals surface area contributed by atoms with Crippen molar-refractivity contribution in [1.29, 1.82) is 0 Å². The molecular weight excluding hydrogens is 255 g/mol. The molecule has 4 nitrogen and oxygen atoms in total. The zero-order valence-corrected chi connectivity index (χ0v) is 10.2. The molecule has 0 radical (unpaired) electrons. The molecule has 0 fully saturated rings. The van der Waals surface area contributed by atoms with E-state index in [-0.39, 0.29) is 23.0 Å². The molecule has 0 bridgehead atoms. The molecule has 7 heteroatoms. The van der Waals surface area contributed by atoms with Gasteiger partial charge >= 0.3 is 0 Å². The van der Waals surface area contributed by atoms with Gasteiger partial charge in [-0.25, -0.2) is 12.8 Å². The van der Waals surface area contributed by atoms with E-state index in [4.69, 9.17) is 17.3 Å². The molecule has 0 heterocycles. The van der Waals surface area contributed by atoms with Crippen LogP contribution in [-0.4, -0.2) is 27.0 Å². The summed E-state index contributed by atoms with van der Waals surface area (Å²) in [5, 5.41) is 2.72. The van der Waals surface area contributed by atoms with Crippen molar-refractivity contribution in [3.05, 3.63) is 23.0 Å². The van der Waals surface area contributed by atoms with Gasteiger partial charge in [0.15, 0.2) is 0 Å². The van der Waals surface area contributed by atoms with E-state index in [1.807, 2.05) is 0 Å². The number of benzene rings is 1. The molecule has 1 aromatic rings. The van der Waals surface area contributed by atoms with Gasteiger partial charge in [0.1, 0.15) is 15.7 Å². The van der Waals surface area contributed by atoms with Crippen LogP contribution in [0.4, 0.5) is 15.8 Å². The molecule has 0 amide bonds. The van der Waals surface area contributed by atoms with Crippen molar-refractivity contribution in [3.63, 3.8) is 0 Å². The molecule has 0 unspecified atom stereocenters. The fourth-order valence-electron chi connectivity index (χ4n) is 1.09. The highest BCUT2D eigenvalue weighted by Crippen LogP contribution is 2.25. The summed E-state index contributed by atoms with van der Waals surface area (Å²) < 4.78 is 34.7. The molecule has 1 rings (SSSR count). The highest BCUT2D eigenvalue weighted by atomic mass is 35.5. The second-order valence-electron chi connectivity index (χ2n) is 3.41. The van der Waals surface area contributed by atoms with Crippen molar-refractivity contribution in [2.75, 3.05) is 29.6 Å². The molecule has 90 valence electrons. The Balaban J connectivity index is 2.71. The Bertz CT molecular complexity index is 491. The van der Waals surface area contributed by atoms with Crippen LogP contribution in [0, 0.1) is 5.82 Å². The summed E-state index contributed by atoms with van der Waals surface area (Å²) in [6.45, 7) is 0.199. The number of hydrogen-bond acceptors (Lipinski definition) is 4. The van der Waals surface area contributed by atoms with Gasteiger partial charge < -0.3 is 11.1 Å². The lowest BCUT2D eigenvalue weighted by molar-refractivity contribution is 0.602. The van der Waals surface area contributed by atoms with Crippen LogP contribution in [0.3, 0.4) is 0 Å². The van der Waals surface area contributed by atoms with E-state index in [0.717, 1.165) is 12.3 Å². The molecule has 16 heavy (non-hydrogen) atoms. The maximum Gasteiger partial charge on any atom is 0.149 e. The first-order valence-corrected chi connectivity index (χ1v) is 6.89. The lowest BCUT2D eigenvalue weighted by Gasteiger charge is -2.09. The maximum absolute atomic E-state index is 12.9. The number of anilines is 2. The third-order valence-corrected chi connectivity index (χ3v) is 3.12. The smallest absolute Gasteiger partial charge is 0.149 e. The Hall–Kier alpha value is -1.01. The molecule has 0 aliphatic carbocycles. The summed E-state index contributed by atoms with van der Waals surface area (Å²) in [4.78, 5) is 0. The number of hydrogen-bond donors (Lipinski definition) is 2. The first-order valence-electron chi connectivity index (χ1n) is 4.46. The minimum atomic E-state index is -3.04. The average molecular weight is 267 g/mol. The van der Waals surface area contributed by atoms with Crippen molar-refractivity contribution in [3.8, 4) is 0 Å². The van der Waals surface area contributed by atoms with Crippen LogP contribution in [0.15, 0.2) is 12.1 Å². The van der Waals surface area contributed by atoms with Gasteiger partial charge in [0, 0.05) is 18.9 Å². The van der Waals surface area contributed by atoms with E-state index in [9.17, 15) is 12.8 Å². The molecule has 3 N–H and O–H groups in total. The van der Waals surface area contributed by atoms with Crippen molar-refractivity contribution in [2.45, 2.75) is 0 Å². The maximum atomic E-state index is 12.9. The third-order valence-electron chi connectivity index (χ3n) is 1.88. The van der Waals surface area contributed by atoms with Gasteiger partial charge in [-0.2, -0.15) is 0 Å². The monoisotopic (exact) mass is 266 g/mol. The van der Waals surface area contributed by atoms with Crippen molar-refractivity contribution in [1.82, 2.24) is 0 Å². The fourth-order valence-corrected chi connectivity index (χ4v) is 1.72. The Morgan fingerprint density at radius 3 is 2.69 bits per heavy atom. The predicted octanol–water partition coefficient (Wildman–Crippen LogP) is 1.52. The molecule has 0 saturated carbocycles. The molecule has 0 saturated heterocycles. The largest absolute Gasteiger partial charge is 0.397 e. The van der Waals surface area contributed by atoms with Crippen LogP contribution in [0.1, 0.15) is 0 Å². The van der Waals surface area contributed by atoms with Crippen LogP contribution in [0.5, 0.6) is 0 Å². The summed E-state index contributed by atoms with van der Waals surface area (Å²) in [6, 6.07) is 2.42. The third kappa shape index (κ3) is 3.86. The standard InChI is InChI=1S/C9H12ClFN2O2S/c1-16(14,15)3-2-13-9-4-6(10)7(11)5-8(9)12/h4-5,13H,2-3,12H2,1H3. The lowest BCUT2D eigenvalue weighted by atomic mass is 10.2. The van der Waals surface area contributed by atoms with E-state index in [1.54, 1.807) is 0 Å². The molecule has 0 spiro atoms. The number of nitrogens with two attached hydrogens (primary N) is 1. The first-order chi connectivity index (χ1) is 7.29. The molecule has 0 aromatic heterocycles. The van der Waals surface area contributed by atoms with Crippen LogP contribution in [0.2, 0.25) is 5.02 Å². The van der Waals surface area contributed by atoms with Gasteiger partial charge in [-0.05, 0) is 6.07 Å². The van der Waals surface area contributed by atoms with E-state index >= 15 is 0 Å². The summed E-state index contributed by atoms with van der Waals surface area (Å²) in [7, 11) is -3.04. The number of nitrogen functional groups attached to an aromatic ring is 1. The summed E-state index contributed by atoms with van der Waals surface area (Å²) in [5.74, 6) is -0.630. The van der Waals surface area contributed by atoms with E-state index in [1.165, 1.54) is 6.07 Å². The topological polar surface area (TPSA) is 72.2 Å². The molecule has 0 aliphatic rings. The van der Waals surface area contributed by atoms with E-state index in [0.29, 0.717) is 5.69 Å². The van der Waals surface area contributed by atoms with E-state index < -0.39 is 15.7 Å². The van der Waals surface area contributed by atoms with Crippen molar-refractivity contribution >= 4 is 32.8 Å². The van der Waals surface area contributed by atoms with Crippen LogP contribution >= 0.6 is 11.6 Å². The number of halogens is 2. The summed E-state index contributed by atoms with van der Waals surface area (Å²) in [6.07, 6.45) is 1.13. The lowest BCUT2D eigenvalue weighted by Crippen LogP contribution is -2.15. The van der Waals surface area contributed by atoms with Gasteiger partial charge in [-0.1, -0.05) is 11.6 Å². The van der Waals surface area contributed by atoms with Gasteiger partial charge in [0.25, 0.3) is 0 Å². The average Bonchev–Trinajstić information content (AvgIpc) is 2.11. The molecule has 0 aliphatic heterocycles. The predicted molar refractivity (Wildman–Crippen MR) is 64.0 cm³/mol. The minimum absolute atomic E-state index is 0.0264. The highest BCUT2D eigenvalue weighted by Gasteiger charge is 2.07. The Morgan fingerprint density at radius 2 is 2.12 bits per heavy atom. The zero-order chi connectivity index (χ0) is 12.3. The Labute approximate surface area is 98.5 Å². The first kappa shape index (κ1) is 13.1. The van der Waals surface area contributed by atoms with Crippen LogP contribution < -0.4 is 11.1 Å². The second kappa shape index (κ2) is 4.88. The molecule has 0 atom stereocenters. The van der Waals surface area contributed by atoms with E-state index in [2.05, 4.69) is 5.32 Å². The zero-order valence-electron chi connectivity index (χ0n) is 8.63.